The van der Waals surface area contributed by atoms with Crippen LogP contribution >= 0.6 is 0 Å². The fraction of sp³-hybridized carbons (Fsp3) is 0.273. The molecule has 0 aromatic heterocycles. The van der Waals surface area contributed by atoms with Gasteiger partial charge in [-0.1, -0.05) is 73.1 Å². The van der Waals surface area contributed by atoms with Gasteiger partial charge in [0.15, 0.2) is 0 Å². The van der Waals surface area contributed by atoms with Crippen LogP contribution in [-0.4, -0.2) is 10.2 Å². The second-order valence-electron chi connectivity index (χ2n) is 6.60. The third-order valence-electron chi connectivity index (χ3n) is 4.94. The van der Waals surface area contributed by atoms with Gasteiger partial charge in [0, 0.05) is 10.2 Å². The van der Waals surface area contributed by atoms with E-state index in [0.29, 0.717) is 0 Å². The highest BCUT2D eigenvalue weighted by atomic mass is 28.1. The van der Waals surface area contributed by atoms with E-state index in [2.05, 4.69) is 68.4 Å². The van der Waals surface area contributed by atoms with Crippen molar-refractivity contribution in [2.75, 3.05) is 0 Å². The molecule has 0 amide bonds. The van der Waals surface area contributed by atoms with Crippen molar-refractivity contribution < 1.29 is 0 Å². The molecular weight excluding hydrogens is 292 g/mol. The largest absolute Gasteiger partial charge is 0.0840 e. The Labute approximate surface area is 143 Å². The molecule has 0 aliphatic heterocycles. The lowest BCUT2D eigenvalue weighted by Gasteiger charge is -2.11. The fourth-order valence-corrected chi connectivity index (χ4v) is 4.02. The average molecular weight is 319 g/mol. The Morgan fingerprint density at radius 3 is 2.26 bits per heavy atom. The van der Waals surface area contributed by atoms with E-state index in [1.807, 2.05) is 0 Å². The maximum Gasteiger partial charge on any atom is 0.0341 e. The molecule has 0 saturated heterocycles. The molecule has 0 saturated carbocycles. The number of hydrogen-bond acceptors (Lipinski definition) is 0. The first-order valence-electron chi connectivity index (χ1n) is 8.75. The van der Waals surface area contributed by atoms with Crippen molar-refractivity contribution in [2.24, 2.45) is 0 Å². The molecule has 23 heavy (non-hydrogen) atoms. The minimum atomic E-state index is 1.14. The normalized spacial score (nSPS) is 14.9. The molecule has 0 unspecified atom stereocenters. The van der Waals surface area contributed by atoms with Gasteiger partial charge in [-0.05, 0) is 59.6 Å². The van der Waals surface area contributed by atoms with Gasteiger partial charge in [0.2, 0.25) is 0 Å². The maximum atomic E-state index is 2.33. The van der Waals surface area contributed by atoms with Crippen LogP contribution in [0.3, 0.4) is 0 Å². The van der Waals surface area contributed by atoms with Gasteiger partial charge in [-0.25, -0.2) is 0 Å². The van der Waals surface area contributed by atoms with Gasteiger partial charge in [-0.3, -0.25) is 0 Å². The van der Waals surface area contributed by atoms with E-state index in [1.54, 1.807) is 5.20 Å². The van der Waals surface area contributed by atoms with E-state index in [1.165, 1.54) is 52.7 Å². The quantitative estimate of drug-likeness (QED) is 0.682. The molecule has 0 atom stereocenters. The number of benzene rings is 2. The zero-order chi connectivity index (χ0) is 16.2. The standard InChI is InChI=1S/C22H26Si/c1-3-4-8-17-11-13-18(14-12-17)20-15-21(23)16(2)22(20)19-9-6-5-7-10-19/h5-7,9-14H,3-4,8,15H2,1-2,23H3. The minimum absolute atomic E-state index is 1.14. The number of unbranched alkanes of at least 4 members (excludes halogenated alkanes) is 1. The first-order valence-corrected chi connectivity index (χ1v) is 9.75. The van der Waals surface area contributed by atoms with Crippen molar-refractivity contribution in [1.29, 1.82) is 0 Å². The topological polar surface area (TPSA) is 0 Å². The molecule has 0 spiro atoms. The Kier molecular flexibility index (Phi) is 4.97. The summed E-state index contributed by atoms with van der Waals surface area (Å²) in [7, 11) is 1.15. The third-order valence-corrected chi connectivity index (χ3v) is 6.05. The number of hydrogen-bond donors (Lipinski definition) is 0. The summed E-state index contributed by atoms with van der Waals surface area (Å²) < 4.78 is 0. The van der Waals surface area contributed by atoms with Gasteiger partial charge in [-0.2, -0.15) is 0 Å². The molecule has 2 aromatic rings. The molecule has 0 N–H and O–H groups in total. The first-order chi connectivity index (χ1) is 11.2. The summed E-state index contributed by atoms with van der Waals surface area (Å²) >= 11 is 0. The number of allylic oxidation sites excluding steroid dienone is 4. The molecule has 0 radical (unpaired) electrons. The van der Waals surface area contributed by atoms with Crippen molar-refractivity contribution in [3.05, 3.63) is 82.1 Å². The van der Waals surface area contributed by atoms with Crippen molar-refractivity contribution >= 4 is 21.4 Å². The minimum Gasteiger partial charge on any atom is -0.0840 e. The van der Waals surface area contributed by atoms with E-state index in [9.17, 15) is 0 Å². The second kappa shape index (κ2) is 7.14. The lowest BCUT2D eigenvalue weighted by Crippen LogP contribution is -1.90. The van der Waals surface area contributed by atoms with Crippen LogP contribution < -0.4 is 0 Å². The number of aryl methyl sites for hydroxylation is 1. The molecule has 1 heteroatoms. The lowest BCUT2D eigenvalue weighted by atomic mass is 9.93. The van der Waals surface area contributed by atoms with Crippen LogP contribution in [0.25, 0.3) is 11.1 Å². The van der Waals surface area contributed by atoms with Gasteiger partial charge in [0.25, 0.3) is 0 Å². The zero-order valence-corrected chi connectivity index (χ0v) is 16.5. The Morgan fingerprint density at radius 1 is 0.913 bits per heavy atom. The average Bonchev–Trinajstić information content (AvgIpc) is 2.89. The molecule has 1 aliphatic carbocycles. The van der Waals surface area contributed by atoms with Crippen molar-refractivity contribution in [3.63, 3.8) is 0 Å². The molecule has 1 aliphatic rings. The van der Waals surface area contributed by atoms with Crippen LogP contribution in [0.1, 0.15) is 49.8 Å². The molecule has 0 heterocycles. The highest BCUT2D eigenvalue weighted by molar-refractivity contribution is 6.27. The molecule has 0 fully saturated rings. The predicted molar refractivity (Wildman–Crippen MR) is 106 cm³/mol. The third kappa shape index (κ3) is 3.40. The van der Waals surface area contributed by atoms with Gasteiger partial charge in [0.05, 0.1) is 0 Å². The summed E-state index contributed by atoms with van der Waals surface area (Å²) in [6, 6.07) is 20.2. The molecule has 0 bridgehead atoms. The van der Waals surface area contributed by atoms with Crippen LogP contribution in [0.5, 0.6) is 0 Å². The summed E-state index contributed by atoms with van der Waals surface area (Å²) in [6.07, 6.45) is 4.88. The Balaban J connectivity index is 1.98. The summed E-state index contributed by atoms with van der Waals surface area (Å²) in [4.78, 5) is 0. The van der Waals surface area contributed by atoms with Gasteiger partial charge in [-0.15, -0.1) is 0 Å². The van der Waals surface area contributed by atoms with E-state index < -0.39 is 0 Å². The van der Waals surface area contributed by atoms with Gasteiger partial charge in [0.1, 0.15) is 0 Å². The zero-order valence-electron chi connectivity index (χ0n) is 14.5. The predicted octanol–water partition coefficient (Wildman–Crippen LogP) is 4.98. The summed E-state index contributed by atoms with van der Waals surface area (Å²) in [5, 5.41) is 1.63. The van der Waals surface area contributed by atoms with E-state index in [0.717, 1.165) is 16.7 Å². The Morgan fingerprint density at radius 2 is 1.61 bits per heavy atom. The number of rotatable bonds is 5. The molecule has 0 nitrogen and oxygen atoms in total. The summed E-state index contributed by atoms with van der Waals surface area (Å²) in [6.45, 7) is 4.55. The summed E-state index contributed by atoms with van der Waals surface area (Å²) in [5.74, 6) is 0. The second-order valence-corrected chi connectivity index (χ2v) is 7.81. The van der Waals surface area contributed by atoms with Crippen LogP contribution in [-0.2, 0) is 6.42 Å². The Hall–Kier alpha value is -1.86. The van der Waals surface area contributed by atoms with Crippen LogP contribution in [0, 0.1) is 0 Å². The van der Waals surface area contributed by atoms with Crippen molar-refractivity contribution in [3.8, 4) is 0 Å². The highest BCUT2D eigenvalue weighted by Crippen LogP contribution is 2.42. The smallest absolute Gasteiger partial charge is 0.0341 e. The summed E-state index contributed by atoms with van der Waals surface area (Å²) in [5.41, 5.74) is 8.71. The molecule has 2 aromatic carbocycles. The maximum absolute atomic E-state index is 2.33. The molecular formula is C22H26Si. The monoisotopic (exact) mass is 318 g/mol. The molecule has 3 rings (SSSR count). The first kappa shape index (κ1) is 16.0. The van der Waals surface area contributed by atoms with E-state index in [-0.39, 0.29) is 0 Å². The highest BCUT2D eigenvalue weighted by Gasteiger charge is 2.21. The molecule has 118 valence electrons. The van der Waals surface area contributed by atoms with Crippen LogP contribution in [0.15, 0.2) is 65.4 Å². The van der Waals surface area contributed by atoms with Crippen LogP contribution in [0.4, 0.5) is 0 Å². The fourth-order valence-electron chi connectivity index (χ4n) is 3.42. The SMILES string of the molecule is CCCCc1ccc(C2=C(c3ccccc3)C(C)=C([SiH3])C2)cc1. The Bertz CT molecular complexity index is 733. The van der Waals surface area contributed by atoms with Crippen molar-refractivity contribution in [2.45, 2.75) is 39.5 Å². The van der Waals surface area contributed by atoms with E-state index in [4.69, 9.17) is 0 Å². The van der Waals surface area contributed by atoms with Crippen molar-refractivity contribution in [1.82, 2.24) is 0 Å². The van der Waals surface area contributed by atoms with Crippen LogP contribution in [0.2, 0.25) is 0 Å². The van der Waals surface area contributed by atoms with Gasteiger partial charge >= 0.3 is 0 Å². The van der Waals surface area contributed by atoms with Gasteiger partial charge < -0.3 is 0 Å². The van der Waals surface area contributed by atoms with E-state index >= 15 is 0 Å². The lowest BCUT2D eigenvalue weighted by molar-refractivity contribution is 0.795.